The Balaban J connectivity index is 1.74. The minimum atomic E-state index is -1.47. The highest BCUT2D eigenvalue weighted by Gasteiger charge is 2.60. The molecule has 2 heterocycles. The molecule has 1 saturated heterocycles. The van der Waals surface area contributed by atoms with Gasteiger partial charge in [0.05, 0.1) is 6.42 Å². The van der Waals surface area contributed by atoms with Crippen molar-refractivity contribution in [1.82, 2.24) is 10.2 Å². The number of β-lactam (4-membered cyclic amide) rings is 1. The summed E-state index contributed by atoms with van der Waals surface area (Å²) in [5, 5.41) is 11.3. The van der Waals surface area contributed by atoms with Gasteiger partial charge in [-0.25, -0.2) is 4.79 Å². The number of carboxylic acid groups (broad SMARTS) is 1. The highest BCUT2D eigenvalue weighted by molar-refractivity contribution is 9.09. The predicted octanol–water partition coefficient (Wildman–Crippen LogP) is 0.378. The number of hydrogen-bond acceptors (Lipinski definition) is 4. The first-order chi connectivity index (χ1) is 11.9. The summed E-state index contributed by atoms with van der Waals surface area (Å²) in [6, 6.07) is 8.08. The van der Waals surface area contributed by atoms with Crippen molar-refractivity contribution in [2.75, 3.05) is 11.1 Å². The number of hydrogen-bond donors (Lipinski definition) is 2. The zero-order valence-electron chi connectivity index (χ0n) is 13.0. The first-order valence-corrected chi connectivity index (χ1v) is 9.99. The minimum absolute atomic E-state index is 0.0619. The molecule has 0 aliphatic carbocycles. The average molecular weight is 427 g/mol. The van der Waals surface area contributed by atoms with Crippen LogP contribution >= 0.6 is 15.9 Å². The SMILES string of the molecule is O=C(Cc1ccccc1)NC1C(=O)N2C(C(=O)O)=C(CBr)C[S+]([O-])[C@H]12. The van der Waals surface area contributed by atoms with E-state index in [0.717, 1.165) is 10.5 Å². The summed E-state index contributed by atoms with van der Waals surface area (Å²) < 4.78 is 12.4. The van der Waals surface area contributed by atoms with Crippen LogP contribution in [0.4, 0.5) is 0 Å². The number of rotatable bonds is 5. The van der Waals surface area contributed by atoms with Crippen LogP contribution in [0.2, 0.25) is 0 Å². The van der Waals surface area contributed by atoms with E-state index in [-0.39, 0.29) is 29.1 Å². The molecule has 0 bridgehead atoms. The molecule has 3 rings (SSSR count). The van der Waals surface area contributed by atoms with E-state index < -0.39 is 34.5 Å². The average Bonchev–Trinajstić information content (AvgIpc) is 2.59. The van der Waals surface area contributed by atoms with E-state index in [0.29, 0.717) is 5.57 Å². The van der Waals surface area contributed by atoms with Crippen molar-refractivity contribution in [2.45, 2.75) is 17.8 Å². The lowest BCUT2D eigenvalue weighted by atomic mass is 10.0. The summed E-state index contributed by atoms with van der Waals surface area (Å²) >= 11 is 1.70. The Bertz CT molecular complexity index is 754. The fourth-order valence-corrected chi connectivity index (χ4v) is 5.37. The standard InChI is InChI=1S/C16H15BrN2O5S/c17-7-10-8-25(24)15-12(14(21)19(15)13(10)16(22)23)18-11(20)6-9-4-2-1-3-5-9/h1-5,12,15H,6-8H2,(H,18,20)(H,22,23)/t12?,15-,25?/m1/s1. The van der Waals surface area contributed by atoms with Crippen LogP contribution in [0.5, 0.6) is 0 Å². The first-order valence-electron chi connectivity index (χ1n) is 7.49. The maximum Gasteiger partial charge on any atom is 0.352 e. The summed E-state index contributed by atoms with van der Waals surface area (Å²) in [5.74, 6) is -2.09. The number of halogens is 1. The monoisotopic (exact) mass is 426 g/mol. The molecule has 2 amide bonds. The molecule has 9 heteroatoms. The number of aliphatic carboxylic acids is 1. The number of carbonyl (C=O) groups is 3. The molecular weight excluding hydrogens is 412 g/mol. The van der Waals surface area contributed by atoms with Gasteiger partial charge in [0.1, 0.15) is 11.4 Å². The van der Waals surface area contributed by atoms with E-state index >= 15 is 0 Å². The van der Waals surface area contributed by atoms with Crippen molar-refractivity contribution >= 4 is 44.9 Å². The van der Waals surface area contributed by atoms with Crippen molar-refractivity contribution in [1.29, 1.82) is 0 Å². The highest BCUT2D eigenvalue weighted by atomic mass is 79.9. The van der Waals surface area contributed by atoms with Crippen LogP contribution < -0.4 is 5.32 Å². The molecule has 0 spiro atoms. The molecule has 3 atom stereocenters. The lowest BCUT2D eigenvalue weighted by molar-refractivity contribution is -0.151. The molecule has 2 N–H and O–H groups in total. The second-order valence-corrected chi connectivity index (χ2v) is 7.82. The smallest absolute Gasteiger partial charge is 0.352 e. The van der Waals surface area contributed by atoms with E-state index in [1.54, 1.807) is 24.3 Å². The minimum Gasteiger partial charge on any atom is -0.614 e. The topological polar surface area (TPSA) is 110 Å². The van der Waals surface area contributed by atoms with Crippen LogP contribution in [-0.2, 0) is 32.0 Å². The van der Waals surface area contributed by atoms with E-state index in [4.69, 9.17) is 0 Å². The van der Waals surface area contributed by atoms with Gasteiger partial charge in [-0.3, -0.25) is 14.5 Å². The van der Waals surface area contributed by atoms with Gasteiger partial charge in [-0.2, -0.15) is 0 Å². The Morgan fingerprint density at radius 1 is 1.36 bits per heavy atom. The third-order valence-corrected chi connectivity index (χ3v) is 6.42. The lowest BCUT2D eigenvalue weighted by Crippen LogP contribution is -2.74. The van der Waals surface area contributed by atoms with Crippen molar-refractivity contribution in [3.05, 3.63) is 47.2 Å². The Kier molecular flexibility index (Phi) is 5.16. The van der Waals surface area contributed by atoms with Gasteiger partial charge < -0.3 is 15.0 Å². The molecule has 132 valence electrons. The molecule has 1 aromatic rings. The van der Waals surface area contributed by atoms with Gasteiger partial charge in [0.15, 0.2) is 6.04 Å². The Morgan fingerprint density at radius 3 is 2.64 bits per heavy atom. The molecule has 7 nitrogen and oxygen atoms in total. The maximum atomic E-state index is 12.4. The molecule has 2 aliphatic heterocycles. The van der Waals surface area contributed by atoms with Gasteiger partial charge >= 0.3 is 5.97 Å². The summed E-state index contributed by atoms with van der Waals surface area (Å²) in [7, 11) is 0. The Morgan fingerprint density at radius 2 is 2.04 bits per heavy atom. The Labute approximate surface area is 155 Å². The fraction of sp³-hybridized carbons (Fsp3) is 0.312. The number of fused-ring (bicyclic) bond motifs is 1. The number of benzene rings is 1. The third kappa shape index (κ3) is 3.31. The van der Waals surface area contributed by atoms with Crippen LogP contribution in [-0.4, -0.2) is 54.8 Å². The number of alkyl halides is 1. The van der Waals surface area contributed by atoms with Crippen molar-refractivity contribution in [3.63, 3.8) is 0 Å². The third-order valence-electron chi connectivity index (χ3n) is 4.09. The number of carbonyl (C=O) groups excluding carboxylic acids is 2. The summed E-state index contributed by atoms with van der Waals surface area (Å²) in [6.45, 7) is 0. The molecule has 0 aromatic heterocycles. The van der Waals surface area contributed by atoms with Crippen LogP contribution in [0.3, 0.4) is 0 Å². The second kappa shape index (κ2) is 7.19. The van der Waals surface area contributed by atoms with E-state index in [1.165, 1.54) is 0 Å². The molecule has 25 heavy (non-hydrogen) atoms. The first kappa shape index (κ1) is 18.0. The normalized spacial score (nSPS) is 25.3. The van der Waals surface area contributed by atoms with Crippen LogP contribution in [0.15, 0.2) is 41.6 Å². The van der Waals surface area contributed by atoms with E-state index in [9.17, 15) is 24.0 Å². The lowest BCUT2D eigenvalue weighted by Gasteiger charge is -2.48. The molecule has 0 radical (unpaired) electrons. The predicted molar refractivity (Wildman–Crippen MR) is 94.2 cm³/mol. The quantitative estimate of drug-likeness (QED) is 0.401. The number of nitrogens with zero attached hydrogens (tertiary/aromatic N) is 1. The molecule has 2 aliphatic rings. The highest BCUT2D eigenvalue weighted by Crippen LogP contribution is 2.37. The van der Waals surface area contributed by atoms with Crippen molar-refractivity contribution < 1.29 is 24.0 Å². The van der Waals surface area contributed by atoms with Crippen molar-refractivity contribution in [2.24, 2.45) is 0 Å². The van der Waals surface area contributed by atoms with E-state index in [2.05, 4.69) is 21.2 Å². The number of amides is 2. The van der Waals surface area contributed by atoms with Crippen LogP contribution in [0.25, 0.3) is 0 Å². The van der Waals surface area contributed by atoms with Crippen molar-refractivity contribution in [3.8, 4) is 0 Å². The summed E-state index contributed by atoms with van der Waals surface area (Å²) in [5.41, 5.74) is 1.06. The Hall–Kier alpha value is -1.84. The van der Waals surface area contributed by atoms with Crippen LogP contribution in [0, 0.1) is 0 Å². The molecular formula is C16H15BrN2O5S. The van der Waals surface area contributed by atoms with Gasteiger partial charge in [-0.05, 0) is 16.7 Å². The largest absolute Gasteiger partial charge is 0.614 e. The fourth-order valence-electron chi connectivity index (χ4n) is 2.96. The number of nitrogens with one attached hydrogen (secondary N) is 1. The van der Waals surface area contributed by atoms with Gasteiger partial charge in [0.25, 0.3) is 5.91 Å². The van der Waals surface area contributed by atoms with Gasteiger partial charge in [0, 0.05) is 10.9 Å². The van der Waals surface area contributed by atoms with Crippen LogP contribution in [0.1, 0.15) is 5.56 Å². The van der Waals surface area contributed by atoms with Gasteiger partial charge in [-0.15, -0.1) is 0 Å². The zero-order chi connectivity index (χ0) is 18.1. The van der Waals surface area contributed by atoms with E-state index in [1.807, 2.05) is 6.07 Å². The zero-order valence-corrected chi connectivity index (χ0v) is 15.4. The molecule has 2 unspecified atom stereocenters. The number of carboxylic acids is 1. The van der Waals surface area contributed by atoms with Gasteiger partial charge in [-0.1, -0.05) is 46.3 Å². The molecule has 1 fully saturated rings. The van der Waals surface area contributed by atoms with Gasteiger partial charge in [0.2, 0.25) is 11.3 Å². The summed E-state index contributed by atoms with van der Waals surface area (Å²) in [6.07, 6.45) is 0.0955. The molecule has 1 aromatic carbocycles. The summed E-state index contributed by atoms with van der Waals surface area (Å²) in [4.78, 5) is 37.0. The maximum absolute atomic E-state index is 12.4. The molecule has 0 saturated carbocycles. The second-order valence-electron chi connectivity index (χ2n) is 5.72.